The number of hydrogen-bond donors (Lipinski definition) is 3. The number of likely N-dealkylation sites (tertiary alicyclic amines) is 1. The summed E-state index contributed by atoms with van der Waals surface area (Å²) in [6.07, 6.45) is 8.43. The Bertz CT molecular complexity index is 839. The summed E-state index contributed by atoms with van der Waals surface area (Å²) >= 11 is 0. The van der Waals surface area contributed by atoms with Crippen molar-refractivity contribution in [2.45, 2.75) is 116 Å². The monoisotopic (exact) mass is 504 g/mol. The number of carbonyl (C=O) groups is 3. The first kappa shape index (κ1) is 31.6. The molecule has 3 rings (SSSR count). The maximum atomic E-state index is 12.2. The summed E-state index contributed by atoms with van der Waals surface area (Å²) in [5, 5.41) is 6.80. The molecule has 1 aliphatic heterocycles. The number of hydrogen-bond acceptors (Lipinski definition) is 7. The second-order valence-corrected chi connectivity index (χ2v) is 11.6. The van der Waals surface area contributed by atoms with Gasteiger partial charge in [0.25, 0.3) is 0 Å². The highest BCUT2D eigenvalue weighted by molar-refractivity contribution is 5.84. The van der Waals surface area contributed by atoms with Crippen LogP contribution >= 0.6 is 0 Å². The SMILES string of the molecule is CC(C)(C)c1nccc(C=O)n1.CCC(N)=O.CN[C@H]1CCN(C2CCC(NC(C)(C)C)CC2)C1=O. The molecule has 1 aromatic rings. The van der Waals surface area contributed by atoms with Crippen LogP contribution in [0.5, 0.6) is 0 Å². The quantitative estimate of drug-likeness (QED) is 0.526. The third-order valence-corrected chi connectivity index (χ3v) is 6.18. The number of amides is 2. The largest absolute Gasteiger partial charge is 0.370 e. The van der Waals surface area contributed by atoms with Crippen LogP contribution in [0.15, 0.2) is 12.3 Å². The number of nitrogens with one attached hydrogen (secondary N) is 2. The van der Waals surface area contributed by atoms with Gasteiger partial charge in [0, 0.05) is 42.2 Å². The fourth-order valence-corrected chi connectivity index (χ4v) is 4.28. The van der Waals surface area contributed by atoms with Crippen molar-refractivity contribution in [2.75, 3.05) is 13.6 Å². The van der Waals surface area contributed by atoms with Crippen LogP contribution in [0, 0.1) is 0 Å². The summed E-state index contributed by atoms with van der Waals surface area (Å²) in [4.78, 5) is 42.5. The summed E-state index contributed by atoms with van der Waals surface area (Å²) in [7, 11) is 1.89. The van der Waals surface area contributed by atoms with E-state index in [1.807, 2.05) is 27.8 Å². The molecule has 1 aliphatic carbocycles. The predicted molar refractivity (Wildman–Crippen MR) is 144 cm³/mol. The second-order valence-electron chi connectivity index (χ2n) is 11.6. The van der Waals surface area contributed by atoms with E-state index in [0.29, 0.717) is 35.9 Å². The molecule has 4 N–H and O–H groups in total. The van der Waals surface area contributed by atoms with Gasteiger partial charge in [-0.25, -0.2) is 9.97 Å². The average Bonchev–Trinajstić information content (AvgIpc) is 3.19. The molecule has 2 fully saturated rings. The Morgan fingerprint density at radius 3 is 2.14 bits per heavy atom. The molecule has 36 heavy (non-hydrogen) atoms. The van der Waals surface area contributed by atoms with Gasteiger partial charge in [0.05, 0.1) is 6.04 Å². The Kier molecular flexibility index (Phi) is 12.6. The molecule has 0 unspecified atom stereocenters. The van der Waals surface area contributed by atoms with Crippen LogP contribution in [-0.2, 0) is 15.0 Å². The summed E-state index contributed by atoms with van der Waals surface area (Å²) < 4.78 is 0. The molecule has 2 aliphatic rings. The van der Waals surface area contributed by atoms with Crippen molar-refractivity contribution in [3.05, 3.63) is 23.8 Å². The van der Waals surface area contributed by atoms with E-state index < -0.39 is 0 Å². The van der Waals surface area contributed by atoms with Gasteiger partial charge < -0.3 is 21.3 Å². The van der Waals surface area contributed by atoms with E-state index in [1.165, 1.54) is 12.8 Å². The molecule has 204 valence electrons. The average molecular weight is 505 g/mol. The molecular weight excluding hydrogens is 456 g/mol. The van der Waals surface area contributed by atoms with Gasteiger partial charge in [-0.15, -0.1) is 0 Å². The van der Waals surface area contributed by atoms with E-state index in [2.05, 4.69) is 52.0 Å². The zero-order valence-electron chi connectivity index (χ0n) is 23.6. The maximum Gasteiger partial charge on any atom is 0.240 e. The lowest BCUT2D eigenvalue weighted by atomic mass is 9.89. The summed E-state index contributed by atoms with van der Waals surface area (Å²) in [5.74, 6) is 0.770. The Balaban J connectivity index is 0.000000325. The van der Waals surface area contributed by atoms with Gasteiger partial charge in [-0.1, -0.05) is 27.7 Å². The molecule has 9 heteroatoms. The van der Waals surface area contributed by atoms with Crippen molar-refractivity contribution in [3.63, 3.8) is 0 Å². The number of carbonyl (C=O) groups excluding carboxylic acids is 3. The molecule has 2 amide bonds. The van der Waals surface area contributed by atoms with Crippen LogP contribution in [0.3, 0.4) is 0 Å². The molecule has 0 bridgehead atoms. The highest BCUT2D eigenvalue weighted by atomic mass is 16.2. The number of nitrogens with zero attached hydrogens (tertiary/aromatic N) is 3. The lowest BCUT2D eigenvalue weighted by Crippen LogP contribution is -2.49. The minimum absolute atomic E-state index is 0.0606. The van der Waals surface area contributed by atoms with E-state index in [9.17, 15) is 14.4 Å². The number of likely N-dealkylation sites (N-methyl/N-ethyl adjacent to an activating group) is 1. The van der Waals surface area contributed by atoms with Crippen molar-refractivity contribution >= 4 is 18.1 Å². The Labute approximate surface area is 217 Å². The lowest BCUT2D eigenvalue weighted by molar-refractivity contribution is -0.132. The van der Waals surface area contributed by atoms with Crippen molar-refractivity contribution < 1.29 is 14.4 Å². The summed E-state index contributed by atoms with van der Waals surface area (Å²) in [5.41, 5.74) is 5.19. The van der Waals surface area contributed by atoms with Crippen molar-refractivity contribution in [2.24, 2.45) is 5.73 Å². The van der Waals surface area contributed by atoms with Crippen LogP contribution < -0.4 is 16.4 Å². The Morgan fingerprint density at radius 2 is 1.72 bits per heavy atom. The first-order valence-electron chi connectivity index (χ1n) is 13.0. The smallest absolute Gasteiger partial charge is 0.240 e. The van der Waals surface area contributed by atoms with Gasteiger partial charge in [-0.05, 0) is 66.0 Å². The van der Waals surface area contributed by atoms with E-state index in [4.69, 9.17) is 0 Å². The molecular formula is C27H48N6O3. The molecule has 1 saturated heterocycles. The summed E-state index contributed by atoms with van der Waals surface area (Å²) in [6, 6.07) is 2.76. The van der Waals surface area contributed by atoms with Crippen molar-refractivity contribution in [1.29, 1.82) is 0 Å². The first-order chi connectivity index (χ1) is 16.7. The number of aldehydes is 1. The molecule has 1 aromatic heterocycles. The minimum atomic E-state index is -0.245. The van der Waals surface area contributed by atoms with E-state index in [0.717, 1.165) is 32.1 Å². The molecule has 1 atom stereocenters. The standard InChI is InChI=1S/C15H29N3O.C9H12N2O.C3H7NO/c1-15(2,3)17-11-5-7-12(8-6-11)18-10-9-13(16-4)14(18)19;1-9(2,3)8-10-5-4-7(6-12)11-8;1-2-3(4)5/h11-13,16-17H,5-10H2,1-4H3;4-6H,1-3H3;2H2,1H3,(H2,4,5)/t11?,12?,13-;;/m0../s1. The van der Waals surface area contributed by atoms with Gasteiger partial charge in [0.1, 0.15) is 11.5 Å². The molecule has 0 spiro atoms. The highest BCUT2D eigenvalue weighted by Crippen LogP contribution is 2.27. The fourth-order valence-electron chi connectivity index (χ4n) is 4.28. The fraction of sp³-hybridized carbons (Fsp3) is 0.741. The van der Waals surface area contributed by atoms with Gasteiger partial charge in [-0.2, -0.15) is 0 Å². The van der Waals surface area contributed by atoms with Crippen LogP contribution in [0.1, 0.15) is 103 Å². The minimum Gasteiger partial charge on any atom is -0.370 e. The number of nitrogens with two attached hydrogens (primary N) is 1. The molecule has 9 nitrogen and oxygen atoms in total. The molecule has 1 saturated carbocycles. The van der Waals surface area contributed by atoms with E-state index in [1.54, 1.807) is 19.2 Å². The second kappa shape index (κ2) is 14.4. The molecule has 2 heterocycles. The third-order valence-electron chi connectivity index (χ3n) is 6.18. The lowest BCUT2D eigenvalue weighted by Gasteiger charge is -2.37. The van der Waals surface area contributed by atoms with Crippen molar-refractivity contribution in [3.8, 4) is 0 Å². The van der Waals surface area contributed by atoms with E-state index in [-0.39, 0.29) is 22.9 Å². The van der Waals surface area contributed by atoms with Crippen LogP contribution in [0.2, 0.25) is 0 Å². The first-order valence-corrected chi connectivity index (χ1v) is 13.0. The van der Waals surface area contributed by atoms with Crippen LogP contribution in [0.25, 0.3) is 0 Å². The van der Waals surface area contributed by atoms with Crippen LogP contribution in [-0.4, -0.2) is 70.2 Å². The highest BCUT2D eigenvalue weighted by Gasteiger charge is 2.36. The number of primary amides is 1. The van der Waals surface area contributed by atoms with Gasteiger partial charge >= 0.3 is 0 Å². The normalized spacial score (nSPS) is 22.2. The zero-order chi connectivity index (χ0) is 27.5. The Hall–Kier alpha value is -2.39. The summed E-state index contributed by atoms with van der Waals surface area (Å²) in [6.45, 7) is 15.4. The maximum absolute atomic E-state index is 12.2. The third kappa shape index (κ3) is 11.1. The van der Waals surface area contributed by atoms with Gasteiger partial charge in [0.2, 0.25) is 11.8 Å². The van der Waals surface area contributed by atoms with Crippen LogP contribution in [0.4, 0.5) is 0 Å². The molecule has 0 radical (unpaired) electrons. The van der Waals surface area contributed by atoms with Gasteiger partial charge in [0.15, 0.2) is 6.29 Å². The zero-order valence-corrected chi connectivity index (χ0v) is 23.6. The predicted octanol–water partition coefficient (Wildman–Crippen LogP) is 2.97. The topological polar surface area (TPSA) is 130 Å². The van der Waals surface area contributed by atoms with Gasteiger partial charge in [-0.3, -0.25) is 14.4 Å². The van der Waals surface area contributed by atoms with E-state index >= 15 is 0 Å². The molecule has 0 aromatic carbocycles. The Morgan fingerprint density at radius 1 is 1.14 bits per heavy atom. The number of rotatable bonds is 5. The number of aromatic nitrogens is 2. The van der Waals surface area contributed by atoms with Crippen molar-refractivity contribution in [1.82, 2.24) is 25.5 Å².